The number of likely N-dealkylation sites (N-methyl/N-ethyl adjacent to an activating group) is 1. The summed E-state index contributed by atoms with van der Waals surface area (Å²) in [5.41, 5.74) is 1.27. The van der Waals surface area contributed by atoms with Crippen molar-refractivity contribution in [3.63, 3.8) is 0 Å². The Morgan fingerprint density at radius 2 is 1.88 bits per heavy atom. The highest BCUT2D eigenvalue weighted by atomic mass is 16.5. The highest BCUT2D eigenvalue weighted by molar-refractivity contribution is 6.08. The molecule has 0 aliphatic carbocycles. The van der Waals surface area contributed by atoms with E-state index in [0.29, 0.717) is 17.0 Å². The molecule has 4 rings (SSSR count). The van der Waals surface area contributed by atoms with Gasteiger partial charge in [0.25, 0.3) is 11.8 Å². The Hall–Kier alpha value is -3.28. The van der Waals surface area contributed by atoms with E-state index in [1.807, 2.05) is 30.3 Å². The molecule has 0 fully saturated rings. The number of amides is 2. The van der Waals surface area contributed by atoms with E-state index in [0.717, 1.165) is 5.39 Å². The molecule has 1 aliphatic heterocycles. The van der Waals surface area contributed by atoms with Crippen molar-refractivity contribution >= 4 is 28.5 Å². The molecule has 2 heterocycles. The highest BCUT2D eigenvalue weighted by Crippen LogP contribution is 2.34. The molecule has 1 aromatic heterocycles. The van der Waals surface area contributed by atoms with E-state index in [1.54, 1.807) is 24.3 Å². The van der Waals surface area contributed by atoms with Crippen molar-refractivity contribution in [2.75, 3.05) is 18.5 Å². The minimum Gasteiger partial charge on any atom is -0.477 e. The zero-order chi connectivity index (χ0) is 17.4. The van der Waals surface area contributed by atoms with Crippen LogP contribution >= 0.6 is 0 Å². The van der Waals surface area contributed by atoms with Gasteiger partial charge >= 0.3 is 0 Å². The summed E-state index contributed by atoms with van der Waals surface area (Å²) < 4.78 is 11.4. The minimum atomic E-state index is -0.770. The molecule has 1 aliphatic rings. The van der Waals surface area contributed by atoms with Gasteiger partial charge in [0.15, 0.2) is 11.9 Å². The number of carbonyl (C=O) groups is 2. The van der Waals surface area contributed by atoms with Crippen LogP contribution < -0.4 is 15.0 Å². The quantitative estimate of drug-likeness (QED) is 0.781. The van der Waals surface area contributed by atoms with E-state index in [9.17, 15) is 9.59 Å². The zero-order valence-electron chi connectivity index (χ0n) is 13.6. The molecule has 1 atom stereocenters. The van der Waals surface area contributed by atoms with Crippen molar-refractivity contribution in [1.29, 1.82) is 0 Å². The average Bonchev–Trinajstić information content (AvgIpc) is 3.10. The SMILES string of the molecule is CNC(=O)[C@@H]1CN(C(=O)c2cc3ccccc3o2)c2ccccc2O1. The van der Waals surface area contributed by atoms with Crippen LogP contribution in [0.15, 0.2) is 59.0 Å². The van der Waals surface area contributed by atoms with Gasteiger partial charge in [-0.15, -0.1) is 0 Å². The Kier molecular flexibility index (Phi) is 3.65. The molecule has 25 heavy (non-hydrogen) atoms. The third kappa shape index (κ3) is 2.61. The molecule has 0 radical (unpaired) electrons. The number of ether oxygens (including phenoxy) is 1. The number of nitrogens with zero attached hydrogens (tertiary/aromatic N) is 1. The smallest absolute Gasteiger partial charge is 0.294 e. The van der Waals surface area contributed by atoms with Crippen LogP contribution in [0.1, 0.15) is 10.6 Å². The Balaban J connectivity index is 1.74. The Bertz CT molecular complexity index is 930. The molecule has 0 saturated carbocycles. The summed E-state index contributed by atoms with van der Waals surface area (Å²) in [5.74, 6) is 0.137. The van der Waals surface area contributed by atoms with Crippen LogP contribution in [0.3, 0.4) is 0 Å². The molecule has 0 saturated heterocycles. The van der Waals surface area contributed by atoms with Crippen LogP contribution in [0.2, 0.25) is 0 Å². The molecule has 0 unspecified atom stereocenters. The fourth-order valence-electron chi connectivity index (χ4n) is 2.94. The second-order valence-electron chi connectivity index (χ2n) is 5.75. The third-order valence-corrected chi connectivity index (χ3v) is 4.19. The number of benzene rings is 2. The van der Waals surface area contributed by atoms with Gasteiger partial charge in [-0.05, 0) is 24.3 Å². The van der Waals surface area contributed by atoms with Crippen LogP contribution in [0.4, 0.5) is 5.69 Å². The lowest BCUT2D eigenvalue weighted by Gasteiger charge is -2.33. The Morgan fingerprint density at radius 3 is 2.68 bits per heavy atom. The van der Waals surface area contributed by atoms with Crippen LogP contribution in [0.5, 0.6) is 5.75 Å². The lowest BCUT2D eigenvalue weighted by molar-refractivity contribution is -0.127. The van der Waals surface area contributed by atoms with Gasteiger partial charge in [0.2, 0.25) is 0 Å². The fraction of sp³-hybridized carbons (Fsp3) is 0.158. The highest BCUT2D eigenvalue weighted by Gasteiger charge is 2.34. The molecule has 6 heteroatoms. The first kappa shape index (κ1) is 15.3. The van der Waals surface area contributed by atoms with Crippen LogP contribution in [0.25, 0.3) is 11.0 Å². The monoisotopic (exact) mass is 336 g/mol. The van der Waals surface area contributed by atoms with E-state index in [-0.39, 0.29) is 24.1 Å². The third-order valence-electron chi connectivity index (χ3n) is 4.19. The fourth-order valence-corrected chi connectivity index (χ4v) is 2.94. The van der Waals surface area contributed by atoms with Crippen molar-refractivity contribution in [2.45, 2.75) is 6.10 Å². The van der Waals surface area contributed by atoms with Crippen LogP contribution in [-0.4, -0.2) is 31.5 Å². The average molecular weight is 336 g/mol. The predicted octanol–water partition coefficient (Wildman–Crippen LogP) is 2.59. The van der Waals surface area contributed by atoms with Crippen LogP contribution in [0, 0.1) is 0 Å². The molecular weight excluding hydrogens is 320 g/mol. The summed E-state index contributed by atoms with van der Waals surface area (Å²) in [4.78, 5) is 26.6. The second-order valence-corrected chi connectivity index (χ2v) is 5.75. The molecule has 2 aromatic carbocycles. The maximum absolute atomic E-state index is 13.0. The molecule has 3 aromatic rings. The van der Waals surface area contributed by atoms with E-state index in [2.05, 4.69) is 5.32 Å². The summed E-state index contributed by atoms with van der Waals surface area (Å²) in [6, 6.07) is 16.3. The maximum atomic E-state index is 13.0. The lowest BCUT2D eigenvalue weighted by Crippen LogP contribution is -2.50. The largest absolute Gasteiger partial charge is 0.477 e. The van der Waals surface area contributed by atoms with Crippen molar-refractivity contribution in [2.24, 2.45) is 0 Å². The number of nitrogens with one attached hydrogen (secondary N) is 1. The Labute approximate surface area is 144 Å². The molecule has 6 nitrogen and oxygen atoms in total. The number of rotatable bonds is 2. The molecule has 0 bridgehead atoms. The zero-order valence-corrected chi connectivity index (χ0v) is 13.6. The summed E-state index contributed by atoms with van der Waals surface area (Å²) in [6.45, 7) is 0.118. The van der Waals surface area contributed by atoms with Gasteiger partial charge in [0.05, 0.1) is 12.2 Å². The summed E-state index contributed by atoms with van der Waals surface area (Å²) in [6.07, 6.45) is -0.770. The Morgan fingerprint density at radius 1 is 1.12 bits per heavy atom. The number of fused-ring (bicyclic) bond motifs is 2. The van der Waals surface area contributed by atoms with E-state index < -0.39 is 6.10 Å². The van der Waals surface area contributed by atoms with E-state index >= 15 is 0 Å². The van der Waals surface area contributed by atoms with Crippen molar-refractivity contribution in [3.05, 3.63) is 60.4 Å². The number of hydrogen-bond donors (Lipinski definition) is 1. The predicted molar refractivity (Wildman–Crippen MR) is 92.8 cm³/mol. The van der Waals surface area contributed by atoms with Crippen molar-refractivity contribution in [1.82, 2.24) is 5.32 Å². The second kappa shape index (κ2) is 5.98. The van der Waals surface area contributed by atoms with Crippen molar-refractivity contribution < 1.29 is 18.7 Å². The standard InChI is InChI=1S/C19H16N2O4/c1-20-18(22)17-11-21(13-7-3-5-9-15(13)25-17)19(23)16-10-12-6-2-4-8-14(12)24-16/h2-10,17H,11H2,1H3,(H,20,22)/t17-/m0/s1. The van der Waals surface area contributed by atoms with E-state index in [4.69, 9.17) is 9.15 Å². The number of hydrogen-bond acceptors (Lipinski definition) is 4. The van der Waals surface area contributed by atoms with Crippen LogP contribution in [-0.2, 0) is 4.79 Å². The first-order chi connectivity index (χ1) is 12.2. The number of furan rings is 1. The van der Waals surface area contributed by atoms with E-state index in [1.165, 1.54) is 11.9 Å². The summed E-state index contributed by atoms with van der Waals surface area (Å²) in [7, 11) is 1.54. The molecule has 2 amide bonds. The first-order valence-electron chi connectivity index (χ1n) is 7.95. The molecule has 126 valence electrons. The van der Waals surface area contributed by atoms with Gasteiger partial charge in [-0.3, -0.25) is 14.5 Å². The molecule has 0 spiro atoms. The lowest BCUT2D eigenvalue weighted by atomic mass is 10.1. The summed E-state index contributed by atoms with van der Waals surface area (Å²) >= 11 is 0. The molecule has 1 N–H and O–H groups in total. The number of anilines is 1. The molecular formula is C19H16N2O4. The van der Waals surface area contributed by atoms with Gasteiger partial charge in [-0.1, -0.05) is 30.3 Å². The van der Waals surface area contributed by atoms with Crippen molar-refractivity contribution in [3.8, 4) is 5.75 Å². The topological polar surface area (TPSA) is 71.8 Å². The van der Waals surface area contributed by atoms with Gasteiger partial charge in [0.1, 0.15) is 11.3 Å². The minimum absolute atomic E-state index is 0.118. The number of para-hydroxylation sites is 3. The normalized spacial score (nSPS) is 16.2. The van der Waals surface area contributed by atoms with Gasteiger partial charge in [-0.25, -0.2) is 0 Å². The summed E-state index contributed by atoms with van der Waals surface area (Å²) in [5, 5.41) is 3.42. The van der Waals surface area contributed by atoms with Gasteiger partial charge in [-0.2, -0.15) is 0 Å². The van der Waals surface area contributed by atoms with Gasteiger partial charge in [0, 0.05) is 12.4 Å². The maximum Gasteiger partial charge on any atom is 0.294 e. The van der Waals surface area contributed by atoms with Gasteiger partial charge < -0.3 is 14.5 Å². The first-order valence-corrected chi connectivity index (χ1v) is 7.95. The number of carbonyl (C=O) groups excluding carboxylic acids is 2.